The molecule has 0 radical (unpaired) electrons. The second kappa shape index (κ2) is 5.68. The van der Waals surface area contributed by atoms with E-state index >= 15 is 0 Å². The van der Waals surface area contributed by atoms with E-state index in [1.165, 1.54) is 0 Å². The Morgan fingerprint density at radius 1 is 1.05 bits per heavy atom. The average molecular weight is 286 g/mol. The average Bonchev–Trinajstić information content (AvgIpc) is 3.27. The first-order chi connectivity index (χ1) is 9.74. The van der Waals surface area contributed by atoms with Crippen molar-refractivity contribution in [3.8, 4) is 0 Å². The van der Waals surface area contributed by atoms with E-state index in [0.717, 1.165) is 24.1 Å². The van der Waals surface area contributed by atoms with Crippen molar-refractivity contribution in [3.63, 3.8) is 0 Å². The highest BCUT2D eigenvalue weighted by molar-refractivity contribution is 6.30. The number of para-hydroxylation sites is 1. The van der Waals surface area contributed by atoms with Gasteiger partial charge >= 0.3 is 0 Å². The molecule has 0 saturated heterocycles. The number of nitrogens with one attached hydrogen (secondary N) is 1. The molecule has 102 valence electrons. The topological polar surface area (TPSA) is 29.1 Å². The van der Waals surface area contributed by atoms with Gasteiger partial charge in [-0.1, -0.05) is 41.9 Å². The zero-order valence-corrected chi connectivity index (χ0v) is 11.8. The minimum atomic E-state index is -0.0764. The fourth-order valence-electron chi connectivity index (χ4n) is 2.48. The predicted molar refractivity (Wildman–Crippen MR) is 82.0 cm³/mol. The summed E-state index contributed by atoms with van der Waals surface area (Å²) in [4.78, 5) is 12.5. The molecule has 2 nitrogen and oxygen atoms in total. The Kier molecular flexibility index (Phi) is 3.75. The molecule has 3 heteroatoms. The Labute approximate surface area is 123 Å². The van der Waals surface area contributed by atoms with Gasteiger partial charge in [-0.15, -0.1) is 0 Å². The van der Waals surface area contributed by atoms with Crippen molar-refractivity contribution in [2.24, 2.45) is 5.92 Å². The van der Waals surface area contributed by atoms with Gasteiger partial charge in [0.25, 0.3) is 0 Å². The fraction of sp³-hybridized carbons (Fsp3) is 0.235. The van der Waals surface area contributed by atoms with Gasteiger partial charge in [0.05, 0.1) is 5.92 Å². The third-order valence-electron chi connectivity index (χ3n) is 3.65. The lowest BCUT2D eigenvalue weighted by Crippen LogP contribution is -2.22. The molecule has 2 aromatic rings. The molecule has 1 fully saturated rings. The van der Waals surface area contributed by atoms with Crippen LogP contribution in [0, 0.1) is 5.92 Å². The molecular weight excluding hydrogens is 270 g/mol. The van der Waals surface area contributed by atoms with Gasteiger partial charge in [-0.05, 0) is 48.6 Å². The van der Waals surface area contributed by atoms with Crippen LogP contribution < -0.4 is 5.32 Å². The van der Waals surface area contributed by atoms with Crippen molar-refractivity contribution in [1.82, 2.24) is 0 Å². The summed E-state index contributed by atoms with van der Waals surface area (Å²) in [5.41, 5.74) is 1.89. The van der Waals surface area contributed by atoms with Crippen LogP contribution in [0.4, 0.5) is 5.69 Å². The summed E-state index contributed by atoms with van der Waals surface area (Å²) in [5, 5.41) is 3.71. The molecule has 1 aliphatic rings. The van der Waals surface area contributed by atoms with Crippen molar-refractivity contribution in [2.75, 3.05) is 5.32 Å². The number of amides is 1. The molecule has 3 rings (SSSR count). The number of hydrogen-bond acceptors (Lipinski definition) is 1. The summed E-state index contributed by atoms with van der Waals surface area (Å²) in [6, 6.07) is 17.2. The maximum absolute atomic E-state index is 12.5. The normalized spacial score (nSPS) is 15.7. The standard InChI is InChI=1S/C17H16ClNO/c18-14-10-8-13(9-11-14)16(12-6-7-12)17(20)19-15-4-2-1-3-5-15/h1-5,8-12,16H,6-7H2,(H,19,20). The van der Waals surface area contributed by atoms with Gasteiger partial charge in [0.2, 0.25) is 5.91 Å². The quantitative estimate of drug-likeness (QED) is 0.882. The lowest BCUT2D eigenvalue weighted by Gasteiger charge is -2.16. The maximum Gasteiger partial charge on any atom is 0.232 e. The highest BCUT2D eigenvalue weighted by Gasteiger charge is 2.37. The smallest absolute Gasteiger partial charge is 0.232 e. The van der Waals surface area contributed by atoms with Gasteiger partial charge in [0, 0.05) is 10.7 Å². The molecule has 0 spiro atoms. The van der Waals surface area contributed by atoms with Gasteiger partial charge < -0.3 is 5.32 Å². The van der Waals surface area contributed by atoms with Crippen LogP contribution in [-0.2, 0) is 4.79 Å². The first kappa shape index (κ1) is 13.2. The van der Waals surface area contributed by atoms with E-state index < -0.39 is 0 Å². The van der Waals surface area contributed by atoms with E-state index in [2.05, 4.69) is 5.32 Å². The summed E-state index contributed by atoms with van der Waals surface area (Å²) in [5.74, 6) is 0.452. The number of benzene rings is 2. The molecule has 20 heavy (non-hydrogen) atoms. The zero-order valence-electron chi connectivity index (χ0n) is 11.1. The van der Waals surface area contributed by atoms with Gasteiger partial charge in [-0.2, -0.15) is 0 Å². The molecule has 1 saturated carbocycles. The summed E-state index contributed by atoms with van der Waals surface area (Å²) in [6.45, 7) is 0. The molecule has 1 amide bonds. The molecule has 1 N–H and O–H groups in total. The third kappa shape index (κ3) is 3.02. The maximum atomic E-state index is 12.5. The van der Waals surface area contributed by atoms with Crippen molar-refractivity contribution < 1.29 is 4.79 Å². The van der Waals surface area contributed by atoms with Crippen LogP contribution in [0.1, 0.15) is 24.3 Å². The Hall–Kier alpha value is -1.80. The van der Waals surface area contributed by atoms with Crippen LogP contribution in [0.15, 0.2) is 54.6 Å². The van der Waals surface area contributed by atoms with Crippen molar-refractivity contribution in [1.29, 1.82) is 0 Å². The van der Waals surface area contributed by atoms with Crippen molar-refractivity contribution in [2.45, 2.75) is 18.8 Å². The molecule has 1 unspecified atom stereocenters. The van der Waals surface area contributed by atoms with Crippen LogP contribution in [-0.4, -0.2) is 5.91 Å². The summed E-state index contributed by atoms with van der Waals surface area (Å²) < 4.78 is 0. The Morgan fingerprint density at radius 3 is 2.30 bits per heavy atom. The van der Waals surface area contributed by atoms with E-state index in [-0.39, 0.29) is 11.8 Å². The summed E-state index contributed by atoms with van der Waals surface area (Å²) in [6.07, 6.45) is 2.24. The van der Waals surface area contributed by atoms with E-state index in [1.807, 2.05) is 54.6 Å². The number of carbonyl (C=O) groups is 1. The molecule has 0 aliphatic heterocycles. The lowest BCUT2D eigenvalue weighted by atomic mass is 9.93. The van der Waals surface area contributed by atoms with Crippen LogP contribution >= 0.6 is 11.6 Å². The van der Waals surface area contributed by atoms with E-state index in [1.54, 1.807) is 0 Å². The second-order valence-corrected chi connectivity index (χ2v) is 5.66. The van der Waals surface area contributed by atoms with Gasteiger partial charge in [0.15, 0.2) is 0 Å². The summed E-state index contributed by atoms with van der Waals surface area (Å²) in [7, 11) is 0. The van der Waals surface area contributed by atoms with Gasteiger partial charge in [0.1, 0.15) is 0 Å². The molecule has 0 heterocycles. The molecule has 1 aliphatic carbocycles. The Bertz CT molecular complexity index is 590. The van der Waals surface area contributed by atoms with Gasteiger partial charge in [-0.25, -0.2) is 0 Å². The first-order valence-corrected chi connectivity index (χ1v) is 7.23. The SMILES string of the molecule is O=C(Nc1ccccc1)C(c1ccc(Cl)cc1)C1CC1. The number of halogens is 1. The van der Waals surface area contributed by atoms with Crippen molar-refractivity contribution >= 4 is 23.2 Å². The fourth-order valence-corrected chi connectivity index (χ4v) is 2.60. The van der Waals surface area contributed by atoms with E-state index in [0.29, 0.717) is 10.9 Å². The zero-order chi connectivity index (χ0) is 13.9. The highest BCUT2D eigenvalue weighted by Crippen LogP contribution is 2.43. The minimum absolute atomic E-state index is 0.0704. The summed E-state index contributed by atoms with van der Waals surface area (Å²) >= 11 is 5.92. The van der Waals surface area contributed by atoms with E-state index in [9.17, 15) is 4.79 Å². The van der Waals surface area contributed by atoms with Crippen LogP contribution in [0.3, 0.4) is 0 Å². The Morgan fingerprint density at radius 2 is 1.70 bits per heavy atom. The monoisotopic (exact) mass is 285 g/mol. The predicted octanol–water partition coefficient (Wildman–Crippen LogP) is 4.47. The Balaban J connectivity index is 1.80. The number of rotatable bonds is 4. The van der Waals surface area contributed by atoms with Gasteiger partial charge in [-0.3, -0.25) is 4.79 Å². The molecular formula is C17H16ClNO. The second-order valence-electron chi connectivity index (χ2n) is 5.22. The van der Waals surface area contributed by atoms with E-state index in [4.69, 9.17) is 11.6 Å². The van der Waals surface area contributed by atoms with Crippen LogP contribution in [0.25, 0.3) is 0 Å². The molecule has 2 aromatic carbocycles. The highest BCUT2D eigenvalue weighted by atomic mass is 35.5. The third-order valence-corrected chi connectivity index (χ3v) is 3.90. The number of hydrogen-bond donors (Lipinski definition) is 1. The lowest BCUT2D eigenvalue weighted by molar-refractivity contribution is -0.118. The molecule has 1 atom stereocenters. The van der Waals surface area contributed by atoms with Crippen molar-refractivity contribution in [3.05, 3.63) is 65.2 Å². The molecule has 0 aromatic heterocycles. The number of carbonyl (C=O) groups excluding carboxylic acids is 1. The van der Waals surface area contributed by atoms with Crippen LogP contribution in [0.5, 0.6) is 0 Å². The minimum Gasteiger partial charge on any atom is -0.326 e. The molecule has 0 bridgehead atoms. The van der Waals surface area contributed by atoms with Crippen LogP contribution in [0.2, 0.25) is 5.02 Å². The largest absolute Gasteiger partial charge is 0.326 e. The number of anilines is 1. The first-order valence-electron chi connectivity index (χ1n) is 6.85.